The molecule has 0 saturated carbocycles. The minimum atomic E-state index is 0.714. The van der Waals surface area contributed by atoms with Crippen molar-refractivity contribution >= 4 is 29.1 Å². The van der Waals surface area contributed by atoms with E-state index in [2.05, 4.69) is 17.3 Å². The standard InChI is InChI=1S/C17H18ClNO2S/c1-20-16-9-3-13(4-10-16)11-22-12-17(19-21-2)14-5-7-15(18)8-6-14/h3-10H,11-12H2,1-2H3/b19-17+. The largest absolute Gasteiger partial charge is 0.497 e. The van der Waals surface area contributed by atoms with Crippen LogP contribution in [-0.4, -0.2) is 25.7 Å². The topological polar surface area (TPSA) is 30.8 Å². The quantitative estimate of drug-likeness (QED) is 0.546. The van der Waals surface area contributed by atoms with Crippen LogP contribution in [0.3, 0.4) is 0 Å². The van der Waals surface area contributed by atoms with E-state index in [1.165, 1.54) is 5.56 Å². The molecule has 2 aromatic rings. The van der Waals surface area contributed by atoms with Crippen LogP contribution in [0.25, 0.3) is 0 Å². The van der Waals surface area contributed by atoms with Gasteiger partial charge in [-0.15, -0.1) is 0 Å². The summed E-state index contributed by atoms with van der Waals surface area (Å²) >= 11 is 7.70. The zero-order valence-corrected chi connectivity index (χ0v) is 14.2. The summed E-state index contributed by atoms with van der Waals surface area (Å²) < 4.78 is 5.16. The fraction of sp³-hybridized carbons (Fsp3) is 0.235. The molecule has 0 unspecified atom stereocenters. The van der Waals surface area contributed by atoms with E-state index >= 15 is 0 Å². The van der Waals surface area contributed by atoms with Crippen molar-refractivity contribution in [1.82, 2.24) is 0 Å². The van der Waals surface area contributed by atoms with Crippen LogP contribution in [0.1, 0.15) is 11.1 Å². The lowest BCUT2D eigenvalue weighted by Gasteiger charge is -2.07. The molecule has 0 atom stereocenters. The van der Waals surface area contributed by atoms with Crippen LogP contribution in [0.5, 0.6) is 5.75 Å². The van der Waals surface area contributed by atoms with Gasteiger partial charge in [0, 0.05) is 22.1 Å². The molecule has 22 heavy (non-hydrogen) atoms. The normalized spacial score (nSPS) is 11.3. The Balaban J connectivity index is 1.94. The van der Waals surface area contributed by atoms with Crippen LogP contribution < -0.4 is 4.74 Å². The summed E-state index contributed by atoms with van der Waals surface area (Å²) in [6, 6.07) is 15.7. The first kappa shape index (κ1) is 16.7. The van der Waals surface area contributed by atoms with E-state index in [-0.39, 0.29) is 0 Å². The second-order valence-corrected chi connectivity index (χ2v) is 5.99. The van der Waals surface area contributed by atoms with E-state index < -0.39 is 0 Å². The van der Waals surface area contributed by atoms with Gasteiger partial charge in [-0.3, -0.25) is 0 Å². The second-order valence-electron chi connectivity index (χ2n) is 4.57. The molecule has 0 aliphatic heterocycles. The van der Waals surface area contributed by atoms with Crippen LogP contribution in [0.4, 0.5) is 0 Å². The van der Waals surface area contributed by atoms with E-state index in [1.807, 2.05) is 36.4 Å². The van der Waals surface area contributed by atoms with Gasteiger partial charge < -0.3 is 9.57 Å². The zero-order valence-electron chi connectivity index (χ0n) is 12.6. The van der Waals surface area contributed by atoms with Gasteiger partial charge in [0.25, 0.3) is 0 Å². The Morgan fingerprint density at radius 3 is 2.32 bits per heavy atom. The Hall–Kier alpha value is -1.65. The van der Waals surface area contributed by atoms with Crippen LogP contribution in [-0.2, 0) is 10.6 Å². The van der Waals surface area contributed by atoms with Gasteiger partial charge in [-0.2, -0.15) is 11.8 Å². The lowest BCUT2D eigenvalue weighted by Crippen LogP contribution is -2.05. The number of halogens is 1. The Labute approximate surface area is 140 Å². The Morgan fingerprint density at radius 1 is 1.05 bits per heavy atom. The molecular weight excluding hydrogens is 318 g/mol. The highest BCUT2D eigenvalue weighted by molar-refractivity contribution is 7.99. The van der Waals surface area contributed by atoms with Crippen molar-refractivity contribution in [3.8, 4) is 5.75 Å². The van der Waals surface area contributed by atoms with E-state index in [1.54, 1.807) is 26.0 Å². The van der Waals surface area contributed by atoms with E-state index in [0.29, 0.717) is 5.02 Å². The summed E-state index contributed by atoms with van der Waals surface area (Å²) in [5.41, 5.74) is 3.17. The number of nitrogens with zero attached hydrogens (tertiary/aromatic N) is 1. The number of benzene rings is 2. The third kappa shape index (κ3) is 4.97. The van der Waals surface area contributed by atoms with E-state index in [4.69, 9.17) is 21.2 Å². The fourth-order valence-electron chi connectivity index (χ4n) is 1.90. The predicted octanol–water partition coefficient (Wildman–Crippen LogP) is 4.63. The molecule has 0 N–H and O–H groups in total. The van der Waals surface area contributed by atoms with Gasteiger partial charge in [-0.25, -0.2) is 0 Å². The van der Waals surface area contributed by atoms with Gasteiger partial charge in [0.1, 0.15) is 12.9 Å². The number of rotatable bonds is 7. The molecule has 0 aromatic heterocycles. The highest BCUT2D eigenvalue weighted by atomic mass is 35.5. The van der Waals surface area contributed by atoms with Crippen molar-refractivity contribution in [3.63, 3.8) is 0 Å². The first-order chi connectivity index (χ1) is 10.7. The third-order valence-electron chi connectivity index (χ3n) is 3.05. The zero-order chi connectivity index (χ0) is 15.8. The van der Waals surface area contributed by atoms with Gasteiger partial charge in [-0.05, 0) is 29.8 Å². The summed E-state index contributed by atoms with van der Waals surface area (Å²) in [4.78, 5) is 4.95. The minimum absolute atomic E-state index is 0.714. The minimum Gasteiger partial charge on any atom is -0.497 e. The molecule has 0 heterocycles. The second kappa shape index (κ2) is 8.71. The van der Waals surface area contributed by atoms with E-state index in [9.17, 15) is 0 Å². The first-order valence-corrected chi connectivity index (χ1v) is 8.33. The molecule has 0 fully saturated rings. The first-order valence-electron chi connectivity index (χ1n) is 6.79. The molecule has 0 aliphatic rings. The van der Waals surface area contributed by atoms with Crippen molar-refractivity contribution in [2.75, 3.05) is 20.0 Å². The molecule has 0 spiro atoms. The molecule has 0 radical (unpaired) electrons. The smallest absolute Gasteiger partial charge is 0.118 e. The highest BCUT2D eigenvalue weighted by Crippen LogP contribution is 2.19. The predicted molar refractivity (Wildman–Crippen MR) is 94.2 cm³/mol. The Morgan fingerprint density at radius 2 is 1.73 bits per heavy atom. The van der Waals surface area contributed by atoms with Crippen molar-refractivity contribution in [1.29, 1.82) is 0 Å². The third-order valence-corrected chi connectivity index (χ3v) is 4.31. The number of hydrogen-bond donors (Lipinski definition) is 0. The van der Waals surface area contributed by atoms with Crippen LogP contribution in [0.2, 0.25) is 5.02 Å². The Bertz CT molecular complexity index is 612. The number of oxime groups is 1. The molecule has 116 valence electrons. The van der Waals surface area contributed by atoms with Gasteiger partial charge >= 0.3 is 0 Å². The number of thioether (sulfide) groups is 1. The molecule has 0 saturated heterocycles. The molecule has 2 aromatic carbocycles. The highest BCUT2D eigenvalue weighted by Gasteiger charge is 2.06. The lowest BCUT2D eigenvalue weighted by atomic mass is 10.1. The summed E-state index contributed by atoms with van der Waals surface area (Å²) in [7, 11) is 3.23. The van der Waals surface area contributed by atoms with E-state index in [0.717, 1.165) is 28.5 Å². The van der Waals surface area contributed by atoms with Crippen LogP contribution in [0.15, 0.2) is 53.7 Å². The maximum atomic E-state index is 5.92. The van der Waals surface area contributed by atoms with Crippen molar-refractivity contribution in [2.45, 2.75) is 5.75 Å². The van der Waals surface area contributed by atoms with Crippen molar-refractivity contribution < 1.29 is 9.57 Å². The van der Waals surface area contributed by atoms with Crippen molar-refractivity contribution in [2.24, 2.45) is 5.16 Å². The number of ether oxygens (including phenoxy) is 1. The number of hydrogen-bond acceptors (Lipinski definition) is 4. The maximum Gasteiger partial charge on any atom is 0.118 e. The van der Waals surface area contributed by atoms with Gasteiger partial charge in [0.15, 0.2) is 0 Å². The molecule has 3 nitrogen and oxygen atoms in total. The Kier molecular flexibility index (Phi) is 6.62. The average molecular weight is 336 g/mol. The summed E-state index contributed by atoms with van der Waals surface area (Å²) in [6.45, 7) is 0. The summed E-state index contributed by atoms with van der Waals surface area (Å²) in [5, 5.41) is 4.83. The molecule has 0 aliphatic carbocycles. The molecule has 5 heteroatoms. The van der Waals surface area contributed by atoms with Gasteiger partial charge in [0.2, 0.25) is 0 Å². The lowest BCUT2D eigenvalue weighted by molar-refractivity contribution is 0.213. The maximum absolute atomic E-state index is 5.92. The van der Waals surface area contributed by atoms with Crippen LogP contribution in [0, 0.1) is 0 Å². The van der Waals surface area contributed by atoms with Gasteiger partial charge in [0.05, 0.1) is 12.8 Å². The summed E-state index contributed by atoms with van der Waals surface area (Å²) in [6.07, 6.45) is 0. The molecule has 2 rings (SSSR count). The monoisotopic (exact) mass is 335 g/mol. The fourth-order valence-corrected chi connectivity index (χ4v) is 2.97. The average Bonchev–Trinajstić information content (AvgIpc) is 2.55. The molecule has 0 amide bonds. The van der Waals surface area contributed by atoms with Crippen LogP contribution >= 0.6 is 23.4 Å². The van der Waals surface area contributed by atoms with Crippen molar-refractivity contribution in [3.05, 3.63) is 64.7 Å². The SMILES string of the molecule is CO/N=C(\CSCc1ccc(OC)cc1)c1ccc(Cl)cc1. The molecular formula is C17H18ClNO2S. The number of methoxy groups -OCH3 is 1. The molecule has 0 bridgehead atoms. The van der Waals surface area contributed by atoms with Gasteiger partial charge in [-0.1, -0.05) is 41.0 Å². The summed E-state index contributed by atoms with van der Waals surface area (Å²) in [5.74, 6) is 2.54.